The van der Waals surface area contributed by atoms with Gasteiger partial charge in [0.25, 0.3) is 0 Å². The molecule has 1 unspecified atom stereocenters. The summed E-state index contributed by atoms with van der Waals surface area (Å²) in [4.78, 5) is 10.6. The van der Waals surface area contributed by atoms with Gasteiger partial charge in [0.15, 0.2) is 0 Å². The molecular formula is C16H38FIN2O4. The number of halogens is 2. The van der Waals surface area contributed by atoms with E-state index in [-0.39, 0.29) is 45.9 Å². The Bertz CT molecular complexity index is 295. The van der Waals surface area contributed by atoms with E-state index in [0.29, 0.717) is 39.1 Å². The predicted octanol–water partition coefficient (Wildman–Crippen LogP) is 2.40. The molecule has 24 heavy (non-hydrogen) atoms. The summed E-state index contributed by atoms with van der Waals surface area (Å²) in [6.07, 6.45) is 1.07. The van der Waals surface area contributed by atoms with Crippen molar-refractivity contribution in [3.8, 4) is 0 Å². The number of hydrogen-bond acceptors (Lipinski definition) is 5. The molecular weight excluding hydrogens is 430 g/mol. The Labute approximate surface area is 165 Å². The van der Waals surface area contributed by atoms with Crippen molar-refractivity contribution >= 4 is 29.9 Å². The van der Waals surface area contributed by atoms with E-state index in [1.165, 1.54) is 6.92 Å². The van der Waals surface area contributed by atoms with Crippen molar-refractivity contribution in [1.82, 2.24) is 10.6 Å². The van der Waals surface area contributed by atoms with Gasteiger partial charge < -0.3 is 24.8 Å². The molecule has 0 saturated carbocycles. The molecule has 1 amide bonds. The van der Waals surface area contributed by atoms with Crippen LogP contribution in [0.3, 0.4) is 0 Å². The third kappa shape index (κ3) is 18.3. The first kappa shape index (κ1) is 26.2. The van der Waals surface area contributed by atoms with Crippen LogP contribution in [0.4, 0.5) is 4.39 Å². The lowest BCUT2D eigenvalue weighted by Crippen LogP contribution is -2.31. The third-order valence-corrected chi connectivity index (χ3v) is 3.28. The lowest BCUT2D eigenvalue weighted by Gasteiger charge is -2.14. The molecule has 0 aliphatic rings. The van der Waals surface area contributed by atoms with Crippen molar-refractivity contribution in [1.29, 1.82) is 0 Å². The second kappa shape index (κ2) is 19.3. The van der Waals surface area contributed by atoms with E-state index in [9.17, 15) is 9.18 Å². The standard InChI is InChI=1S/C16H33FN2O4.HI.2H2/c1-4-16(5-2)18-6-7-21-8-9-22-10-11-23-13-15(17)12-19-14(3)20;;;/h15-16,18H,4-13H2,1-3H3,(H,19,20);3*1H. The molecule has 0 heterocycles. The molecule has 0 rings (SSSR count). The third-order valence-electron chi connectivity index (χ3n) is 3.28. The topological polar surface area (TPSA) is 68.8 Å². The molecule has 2 N–H and O–H groups in total. The average Bonchev–Trinajstić information content (AvgIpc) is 2.54. The second-order valence-corrected chi connectivity index (χ2v) is 5.30. The Morgan fingerprint density at radius 1 is 1.04 bits per heavy atom. The summed E-state index contributed by atoms with van der Waals surface area (Å²) < 4.78 is 29.1. The summed E-state index contributed by atoms with van der Waals surface area (Å²) in [5.41, 5.74) is 0. The van der Waals surface area contributed by atoms with E-state index < -0.39 is 6.17 Å². The zero-order chi connectivity index (χ0) is 17.3. The van der Waals surface area contributed by atoms with E-state index >= 15 is 0 Å². The molecule has 0 aliphatic carbocycles. The van der Waals surface area contributed by atoms with Crippen LogP contribution in [-0.2, 0) is 19.0 Å². The van der Waals surface area contributed by atoms with Gasteiger partial charge in [0.1, 0.15) is 6.17 Å². The maximum absolute atomic E-state index is 13.2. The Balaban J connectivity index is -0.000000807. The molecule has 1 atom stereocenters. The van der Waals surface area contributed by atoms with E-state index in [4.69, 9.17) is 14.2 Å². The largest absolute Gasteiger partial charge is 0.378 e. The number of hydrogen-bond donors (Lipinski definition) is 2. The van der Waals surface area contributed by atoms with Gasteiger partial charge >= 0.3 is 0 Å². The zero-order valence-electron chi connectivity index (χ0n) is 15.1. The lowest BCUT2D eigenvalue weighted by atomic mass is 10.2. The Kier molecular flexibility index (Phi) is 21.1. The first-order chi connectivity index (χ1) is 11.1. The van der Waals surface area contributed by atoms with Gasteiger partial charge in [-0.15, -0.1) is 24.0 Å². The van der Waals surface area contributed by atoms with Crippen LogP contribution < -0.4 is 10.6 Å². The molecule has 0 bridgehead atoms. The Morgan fingerprint density at radius 3 is 2.12 bits per heavy atom. The lowest BCUT2D eigenvalue weighted by molar-refractivity contribution is -0.119. The maximum Gasteiger partial charge on any atom is 0.216 e. The highest BCUT2D eigenvalue weighted by molar-refractivity contribution is 14.0. The van der Waals surface area contributed by atoms with Crippen molar-refractivity contribution in [2.45, 2.75) is 45.8 Å². The van der Waals surface area contributed by atoms with Crippen LogP contribution in [0, 0.1) is 0 Å². The number of nitrogens with one attached hydrogen (secondary N) is 2. The van der Waals surface area contributed by atoms with Gasteiger partial charge in [-0.1, -0.05) is 13.8 Å². The molecule has 0 saturated heterocycles. The first-order valence-electron chi connectivity index (χ1n) is 8.45. The normalized spacial score (nSPS) is 12.0. The molecule has 0 spiro atoms. The fourth-order valence-corrected chi connectivity index (χ4v) is 1.88. The number of amides is 1. The van der Waals surface area contributed by atoms with Crippen LogP contribution in [0.15, 0.2) is 0 Å². The number of rotatable bonds is 16. The van der Waals surface area contributed by atoms with Crippen molar-refractivity contribution in [3.05, 3.63) is 0 Å². The summed E-state index contributed by atoms with van der Waals surface area (Å²) in [7, 11) is 0. The molecule has 6 nitrogen and oxygen atoms in total. The molecule has 0 aromatic heterocycles. The molecule has 150 valence electrons. The smallest absolute Gasteiger partial charge is 0.216 e. The van der Waals surface area contributed by atoms with Gasteiger partial charge in [-0.25, -0.2) is 4.39 Å². The minimum absolute atomic E-state index is 0. The number of alkyl halides is 1. The van der Waals surface area contributed by atoms with Gasteiger partial charge in [0, 0.05) is 22.4 Å². The molecule has 8 heteroatoms. The van der Waals surface area contributed by atoms with Crippen molar-refractivity contribution in [2.24, 2.45) is 0 Å². The van der Waals surface area contributed by atoms with Gasteiger partial charge in [0.2, 0.25) is 5.91 Å². The fourth-order valence-electron chi connectivity index (χ4n) is 1.88. The van der Waals surface area contributed by atoms with E-state index in [1.54, 1.807) is 0 Å². The highest BCUT2D eigenvalue weighted by atomic mass is 127. The van der Waals surface area contributed by atoms with Crippen LogP contribution in [0.1, 0.15) is 36.5 Å². The summed E-state index contributed by atoms with van der Waals surface area (Å²) in [6, 6.07) is 0.567. The monoisotopic (exact) mass is 468 g/mol. The highest BCUT2D eigenvalue weighted by Gasteiger charge is 2.06. The maximum atomic E-state index is 13.2. The number of ether oxygens (including phenoxy) is 3. The summed E-state index contributed by atoms with van der Waals surface area (Å²) >= 11 is 0. The van der Waals surface area contributed by atoms with Crippen LogP contribution in [-0.4, -0.2) is 70.9 Å². The summed E-state index contributed by atoms with van der Waals surface area (Å²) in [5, 5.41) is 5.82. The van der Waals surface area contributed by atoms with Crippen LogP contribution in [0.25, 0.3) is 0 Å². The van der Waals surface area contributed by atoms with Crippen LogP contribution >= 0.6 is 24.0 Å². The Hall–Kier alpha value is -0.0300. The minimum atomic E-state index is -1.19. The predicted molar refractivity (Wildman–Crippen MR) is 108 cm³/mol. The van der Waals surface area contributed by atoms with Crippen LogP contribution in [0.5, 0.6) is 0 Å². The molecule has 0 aromatic carbocycles. The average molecular weight is 468 g/mol. The quantitative estimate of drug-likeness (QED) is 0.269. The second-order valence-electron chi connectivity index (χ2n) is 5.30. The van der Waals surface area contributed by atoms with Gasteiger partial charge in [-0.05, 0) is 12.8 Å². The highest BCUT2D eigenvalue weighted by Crippen LogP contribution is 1.94. The molecule has 0 aliphatic heterocycles. The van der Waals surface area contributed by atoms with E-state index in [2.05, 4.69) is 24.5 Å². The molecule has 0 radical (unpaired) electrons. The van der Waals surface area contributed by atoms with Crippen molar-refractivity contribution in [2.75, 3.05) is 52.7 Å². The molecule has 0 fully saturated rings. The Morgan fingerprint density at radius 2 is 1.58 bits per heavy atom. The number of carbonyl (C=O) groups excluding carboxylic acids is 1. The van der Waals surface area contributed by atoms with Gasteiger partial charge in [0.05, 0.1) is 46.2 Å². The van der Waals surface area contributed by atoms with E-state index in [0.717, 1.165) is 19.4 Å². The SMILES string of the molecule is CCC(CC)NCCOCCOCCOCC(F)CNC(C)=O.I.[HH].[HH]. The van der Waals surface area contributed by atoms with Crippen LogP contribution in [0.2, 0.25) is 0 Å². The van der Waals surface area contributed by atoms with Crippen molar-refractivity contribution < 1.29 is 26.2 Å². The van der Waals surface area contributed by atoms with Crippen molar-refractivity contribution in [3.63, 3.8) is 0 Å². The summed E-state index contributed by atoms with van der Waals surface area (Å²) in [5.74, 6) is -0.244. The van der Waals surface area contributed by atoms with Gasteiger partial charge in [-0.2, -0.15) is 0 Å². The molecule has 0 aromatic rings. The summed E-state index contributed by atoms with van der Waals surface area (Å²) in [6.45, 7) is 8.93. The first-order valence-corrected chi connectivity index (χ1v) is 8.45. The zero-order valence-corrected chi connectivity index (χ0v) is 17.5. The fraction of sp³-hybridized carbons (Fsp3) is 0.938. The number of carbonyl (C=O) groups is 1. The minimum Gasteiger partial charge on any atom is -0.378 e. The van der Waals surface area contributed by atoms with E-state index in [1.807, 2.05) is 0 Å². The van der Waals surface area contributed by atoms with Gasteiger partial charge in [-0.3, -0.25) is 4.79 Å².